The largest absolute Gasteiger partial charge is 0.110 e. The zero-order valence-electron chi connectivity index (χ0n) is 8.16. The van der Waals surface area contributed by atoms with Gasteiger partial charge in [0.05, 0.1) is 0 Å². The number of allylic oxidation sites excluding steroid dienone is 1. The summed E-state index contributed by atoms with van der Waals surface area (Å²) >= 11 is 0. The molecule has 13 heavy (non-hydrogen) atoms. The molecule has 1 aromatic carbocycles. The van der Waals surface area contributed by atoms with E-state index in [4.69, 9.17) is 0 Å². The molecular formula is C12H17P. The van der Waals surface area contributed by atoms with Gasteiger partial charge < -0.3 is 0 Å². The highest BCUT2D eigenvalue weighted by Crippen LogP contribution is 2.31. The van der Waals surface area contributed by atoms with Gasteiger partial charge >= 0.3 is 0 Å². The third-order valence-electron chi connectivity index (χ3n) is 2.23. The molecule has 2 unspecified atom stereocenters. The fraction of sp³-hybridized carbons (Fsp3) is 0.333. The van der Waals surface area contributed by atoms with Gasteiger partial charge in [0.25, 0.3) is 0 Å². The first-order valence-corrected chi connectivity index (χ1v) is 5.32. The maximum Gasteiger partial charge on any atom is 0.00826 e. The van der Waals surface area contributed by atoms with Gasteiger partial charge in [-0.3, -0.25) is 0 Å². The van der Waals surface area contributed by atoms with E-state index < -0.39 is 0 Å². The van der Waals surface area contributed by atoms with Crippen LogP contribution < -0.4 is 0 Å². The summed E-state index contributed by atoms with van der Waals surface area (Å²) in [5.41, 5.74) is 1.38. The highest BCUT2D eigenvalue weighted by molar-refractivity contribution is 7.22. The highest BCUT2D eigenvalue weighted by Gasteiger charge is 2.09. The van der Waals surface area contributed by atoms with E-state index in [1.54, 1.807) is 0 Å². The van der Waals surface area contributed by atoms with Crippen LogP contribution in [0, 0.1) is 0 Å². The lowest BCUT2D eigenvalue weighted by Crippen LogP contribution is -1.96. The van der Waals surface area contributed by atoms with E-state index in [0.29, 0.717) is 5.92 Å². The van der Waals surface area contributed by atoms with E-state index in [1.807, 2.05) is 0 Å². The van der Waals surface area contributed by atoms with Gasteiger partial charge in [0.2, 0.25) is 0 Å². The van der Waals surface area contributed by atoms with Crippen LogP contribution in [-0.4, -0.2) is 0 Å². The molecule has 1 rings (SSSR count). The monoisotopic (exact) mass is 192 g/mol. The lowest BCUT2D eigenvalue weighted by atomic mass is 9.94. The quantitative estimate of drug-likeness (QED) is 0.633. The van der Waals surface area contributed by atoms with Crippen molar-refractivity contribution in [1.29, 1.82) is 0 Å². The van der Waals surface area contributed by atoms with Crippen molar-refractivity contribution in [3.63, 3.8) is 0 Å². The van der Waals surface area contributed by atoms with Gasteiger partial charge in [-0.05, 0) is 12.0 Å². The first-order chi connectivity index (χ1) is 6.25. The smallest absolute Gasteiger partial charge is 0.00826 e. The van der Waals surface area contributed by atoms with Crippen molar-refractivity contribution in [2.24, 2.45) is 0 Å². The van der Waals surface area contributed by atoms with Crippen LogP contribution in [0.3, 0.4) is 0 Å². The Morgan fingerprint density at radius 1 is 1.38 bits per heavy atom. The average molecular weight is 192 g/mol. The Morgan fingerprint density at radius 3 is 2.46 bits per heavy atom. The van der Waals surface area contributed by atoms with Gasteiger partial charge in [-0.15, -0.1) is 9.24 Å². The Morgan fingerprint density at radius 2 is 2.00 bits per heavy atom. The molecule has 2 atom stereocenters. The van der Waals surface area contributed by atoms with Crippen LogP contribution in [0.4, 0.5) is 0 Å². The third-order valence-corrected chi connectivity index (χ3v) is 2.63. The van der Waals surface area contributed by atoms with E-state index in [-0.39, 0.29) is 0 Å². The average Bonchev–Trinajstić information content (AvgIpc) is 2.15. The van der Waals surface area contributed by atoms with Crippen LogP contribution in [0.5, 0.6) is 0 Å². The fourth-order valence-electron chi connectivity index (χ4n) is 1.54. The summed E-state index contributed by atoms with van der Waals surface area (Å²) in [6.07, 6.45) is 2.39. The van der Waals surface area contributed by atoms with Gasteiger partial charge in [-0.25, -0.2) is 0 Å². The molecule has 0 aliphatic rings. The predicted molar refractivity (Wildman–Crippen MR) is 62.9 cm³/mol. The van der Waals surface area contributed by atoms with Crippen LogP contribution >= 0.6 is 9.24 Å². The van der Waals surface area contributed by atoms with Crippen LogP contribution in [-0.2, 0) is 0 Å². The van der Waals surface area contributed by atoms with Crippen molar-refractivity contribution in [2.45, 2.75) is 25.7 Å². The number of benzene rings is 1. The second-order valence-corrected chi connectivity index (χ2v) is 4.07. The summed E-state index contributed by atoms with van der Waals surface area (Å²) in [4.78, 5) is 0. The van der Waals surface area contributed by atoms with Crippen molar-refractivity contribution in [2.75, 3.05) is 0 Å². The summed E-state index contributed by atoms with van der Waals surface area (Å²) in [6.45, 7) is 6.23. The Kier molecular flexibility index (Phi) is 4.18. The first-order valence-electron chi connectivity index (χ1n) is 4.75. The first kappa shape index (κ1) is 10.5. The van der Waals surface area contributed by atoms with Gasteiger partial charge in [0.15, 0.2) is 0 Å². The van der Waals surface area contributed by atoms with Crippen LogP contribution in [0.15, 0.2) is 42.2 Å². The minimum atomic E-state index is 0.510. The van der Waals surface area contributed by atoms with Gasteiger partial charge in [-0.2, -0.15) is 0 Å². The number of rotatable bonds is 4. The maximum absolute atomic E-state index is 4.01. The maximum atomic E-state index is 4.01. The highest BCUT2D eigenvalue weighted by atomic mass is 31.0. The van der Waals surface area contributed by atoms with Crippen molar-refractivity contribution < 1.29 is 0 Å². The van der Waals surface area contributed by atoms with Crippen LogP contribution in [0.2, 0.25) is 0 Å². The van der Waals surface area contributed by atoms with Crippen molar-refractivity contribution in [1.82, 2.24) is 0 Å². The molecule has 0 fully saturated rings. The van der Waals surface area contributed by atoms with Crippen molar-refractivity contribution in [3.05, 3.63) is 47.8 Å². The Bertz CT molecular complexity index is 264. The predicted octanol–water partition coefficient (Wildman–Crippen LogP) is 3.96. The number of hydrogen-bond donors (Lipinski definition) is 0. The lowest BCUT2D eigenvalue weighted by Gasteiger charge is -2.15. The summed E-state index contributed by atoms with van der Waals surface area (Å²) < 4.78 is 0. The minimum absolute atomic E-state index is 0.510. The minimum Gasteiger partial charge on any atom is -0.110 e. The Balaban J connectivity index is 2.82. The SMILES string of the molecule is C=C(P)C(CCC)c1ccccc1. The topological polar surface area (TPSA) is 0 Å². The Labute approximate surface area is 83.3 Å². The molecule has 1 heteroatoms. The Hall–Kier alpha value is -0.610. The molecule has 0 amide bonds. The van der Waals surface area contributed by atoms with E-state index in [9.17, 15) is 0 Å². The summed E-state index contributed by atoms with van der Waals surface area (Å²) in [7, 11) is 2.73. The third kappa shape index (κ3) is 2.97. The molecule has 1 aromatic rings. The van der Waals surface area contributed by atoms with Crippen LogP contribution in [0.1, 0.15) is 31.2 Å². The lowest BCUT2D eigenvalue weighted by molar-refractivity contribution is 0.711. The van der Waals surface area contributed by atoms with E-state index in [1.165, 1.54) is 23.7 Å². The molecule has 0 nitrogen and oxygen atoms in total. The molecule has 0 saturated carbocycles. The van der Waals surface area contributed by atoms with Gasteiger partial charge in [0.1, 0.15) is 0 Å². The van der Waals surface area contributed by atoms with Gasteiger partial charge in [0, 0.05) is 5.92 Å². The standard InChI is InChI=1S/C12H17P/c1-3-7-12(10(2)13)11-8-5-4-6-9-11/h4-6,8-9,12H,2-3,7,13H2,1H3. The zero-order valence-corrected chi connectivity index (χ0v) is 9.32. The molecule has 0 spiro atoms. The second kappa shape index (κ2) is 5.19. The van der Waals surface area contributed by atoms with Crippen molar-refractivity contribution in [3.8, 4) is 0 Å². The van der Waals surface area contributed by atoms with Crippen molar-refractivity contribution >= 4 is 9.24 Å². The second-order valence-electron chi connectivity index (χ2n) is 3.33. The molecule has 0 heterocycles. The molecule has 0 radical (unpaired) electrons. The fourth-order valence-corrected chi connectivity index (χ4v) is 1.90. The van der Waals surface area contributed by atoms with Gasteiger partial charge in [-0.1, -0.05) is 55.6 Å². The summed E-state index contributed by atoms with van der Waals surface area (Å²) in [5, 5.41) is 1.19. The summed E-state index contributed by atoms with van der Waals surface area (Å²) in [6, 6.07) is 10.6. The molecule has 0 bridgehead atoms. The number of hydrogen-bond acceptors (Lipinski definition) is 0. The zero-order chi connectivity index (χ0) is 9.68. The molecule has 0 N–H and O–H groups in total. The molecule has 0 aromatic heterocycles. The molecule has 0 aliphatic heterocycles. The van der Waals surface area contributed by atoms with E-state index in [0.717, 1.165) is 0 Å². The molecule has 0 aliphatic carbocycles. The van der Waals surface area contributed by atoms with E-state index in [2.05, 4.69) is 53.1 Å². The molecule has 0 saturated heterocycles. The van der Waals surface area contributed by atoms with E-state index >= 15 is 0 Å². The molecular weight excluding hydrogens is 175 g/mol. The normalized spacial score (nSPS) is 12.5. The summed E-state index contributed by atoms with van der Waals surface area (Å²) in [5.74, 6) is 0.510. The van der Waals surface area contributed by atoms with Crippen LogP contribution in [0.25, 0.3) is 0 Å². The molecule has 70 valence electrons.